The Labute approximate surface area is 168 Å². The maximum Gasteiger partial charge on any atom is 0.303 e. The molecule has 0 radical (unpaired) electrons. The van der Waals surface area contributed by atoms with Crippen LogP contribution in [0.25, 0.3) is 0 Å². The van der Waals surface area contributed by atoms with Gasteiger partial charge in [-0.05, 0) is 85.9 Å². The number of hydrogen-bond donors (Lipinski definition) is 2. The minimum absolute atomic E-state index is 0.0199. The van der Waals surface area contributed by atoms with Gasteiger partial charge >= 0.3 is 5.97 Å². The van der Waals surface area contributed by atoms with Crippen LogP contribution in [0.3, 0.4) is 0 Å². The standard InChI is InChI=1S/C23H36O5/c1-13(24)28-12-20(27)18-7-6-17-16-5-4-14-10-15(25)8-9-22(14,2)21(16)19(26)11-23(17,18)3/h14-19,21,25-26H,4-12H2,1-3H3/t14-,15+,16-,17-,18+,19-,21+,22-,23-/m0/s1. The summed E-state index contributed by atoms with van der Waals surface area (Å²) in [7, 11) is 0. The average molecular weight is 393 g/mol. The number of rotatable bonds is 3. The molecule has 4 saturated carbocycles. The molecular formula is C23H36O5. The first kappa shape index (κ1) is 20.3. The minimum Gasteiger partial charge on any atom is -0.458 e. The lowest BCUT2D eigenvalue weighted by Gasteiger charge is -2.62. The molecular weight excluding hydrogens is 356 g/mol. The fourth-order valence-corrected chi connectivity index (χ4v) is 8.16. The zero-order valence-corrected chi connectivity index (χ0v) is 17.5. The molecule has 9 atom stereocenters. The Bertz CT molecular complexity index is 647. The molecule has 0 aliphatic heterocycles. The molecule has 4 fully saturated rings. The van der Waals surface area contributed by atoms with E-state index < -0.39 is 12.1 Å². The summed E-state index contributed by atoms with van der Waals surface area (Å²) in [6.07, 6.45) is 6.90. The van der Waals surface area contributed by atoms with Gasteiger partial charge in [0.1, 0.15) is 6.61 Å². The van der Waals surface area contributed by atoms with Crippen LogP contribution in [0.15, 0.2) is 0 Å². The van der Waals surface area contributed by atoms with Gasteiger partial charge in [-0.3, -0.25) is 9.59 Å². The van der Waals surface area contributed by atoms with Crippen molar-refractivity contribution in [2.75, 3.05) is 6.61 Å². The Kier molecular flexibility index (Phi) is 5.15. The number of ketones is 1. The summed E-state index contributed by atoms with van der Waals surface area (Å²) < 4.78 is 5.00. The van der Waals surface area contributed by atoms with Crippen molar-refractivity contribution in [2.24, 2.45) is 40.4 Å². The van der Waals surface area contributed by atoms with Crippen molar-refractivity contribution in [1.82, 2.24) is 0 Å². The number of aliphatic hydroxyl groups excluding tert-OH is 2. The largest absolute Gasteiger partial charge is 0.458 e. The van der Waals surface area contributed by atoms with E-state index in [1.807, 2.05) is 0 Å². The molecule has 0 heterocycles. The molecule has 28 heavy (non-hydrogen) atoms. The van der Waals surface area contributed by atoms with Crippen LogP contribution in [-0.2, 0) is 14.3 Å². The van der Waals surface area contributed by atoms with Gasteiger partial charge in [0.15, 0.2) is 5.78 Å². The summed E-state index contributed by atoms with van der Waals surface area (Å²) in [5.74, 6) is 1.17. The van der Waals surface area contributed by atoms with Crippen LogP contribution in [0.4, 0.5) is 0 Å². The van der Waals surface area contributed by atoms with Crippen molar-refractivity contribution >= 4 is 11.8 Å². The number of fused-ring (bicyclic) bond motifs is 5. The van der Waals surface area contributed by atoms with Crippen molar-refractivity contribution < 1.29 is 24.5 Å². The van der Waals surface area contributed by atoms with Crippen LogP contribution in [0.5, 0.6) is 0 Å². The van der Waals surface area contributed by atoms with Gasteiger partial charge in [0.25, 0.3) is 0 Å². The van der Waals surface area contributed by atoms with Gasteiger partial charge in [-0.1, -0.05) is 13.8 Å². The second-order valence-electron chi connectivity index (χ2n) is 10.7. The van der Waals surface area contributed by atoms with Crippen LogP contribution < -0.4 is 0 Å². The number of esters is 1. The van der Waals surface area contributed by atoms with Crippen molar-refractivity contribution in [3.05, 3.63) is 0 Å². The summed E-state index contributed by atoms with van der Waals surface area (Å²) in [5, 5.41) is 21.5. The van der Waals surface area contributed by atoms with Crippen LogP contribution in [0, 0.1) is 40.4 Å². The highest BCUT2D eigenvalue weighted by atomic mass is 16.5. The maximum absolute atomic E-state index is 12.8. The predicted octanol–water partition coefficient (Wildman–Crippen LogP) is 3.11. The maximum atomic E-state index is 12.8. The van der Waals surface area contributed by atoms with Gasteiger partial charge in [0.2, 0.25) is 0 Å². The van der Waals surface area contributed by atoms with Gasteiger partial charge in [-0.2, -0.15) is 0 Å². The fraction of sp³-hybridized carbons (Fsp3) is 0.913. The lowest BCUT2D eigenvalue weighted by atomic mass is 9.44. The van der Waals surface area contributed by atoms with Gasteiger partial charge in [0.05, 0.1) is 12.2 Å². The van der Waals surface area contributed by atoms with Gasteiger partial charge in [0, 0.05) is 12.8 Å². The molecule has 0 aromatic carbocycles. The smallest absolute Gasteiger partial charge is 0.303 e. The normalized spacial score (nSPS) is 50.2. The molecule has 0 amide bonds. The molecule has 0 aromatic rings. The third-order valence-corrected chi connectivity index (χ3v) is 9.37. The molecule has 4 aliphatic rings. The first-order valence-corrected chi connectivity index (χ1v) is 11.2. The summed E-state index contributed by atoms with van der Waals surface area (Å²) in [6.45, 7) is 5.75. The quantitative estimate of drug-likeness (QED) is 0.721. The van der Waals surface area contributed by atoms with E-state index >= 15 is 0 Å². The van der Waals surface area contributed by atoms with E-state index in [9.17, 15) is 19.8 Å². The van der Waals surface area contributed by atoms with Crippen LogP contribution in [-0.4, -0.2) is 40.8 Å². The van der Waals surface area contributed by atoms with Crippen molar-refractivity contribution in [3.63, 3.8) is 0 Å². The third-order valence-electron chi connectivity index (χ3n) is 9.37. The molecule has 0 unspecified atom stereocenters. The van der Waals surface area contributed by atoms with E-state index in [-0.39, 0.29) is 41.2 Å². The predicted molar refractivity (Wildman–Crippen MR) is 104 cm³/mol. The molecule has 0 aromatic heterocycles. The minimum atomic E-state index is -0.414. The summed E-state index contributed by atoms with van der Waals surface area (Å²) in [6, 6.07) is 0. The van der Waals surface area contributed by atoms with Gasteiger partial charge in [-0.15, -0.1) is 0 Å². The van der Waals surface area contributed by atoms with Crippen LogP contribution in [0.1, 0.15) is 72.1 Å². The monoisotopic (exact) mass is 392 g/mol. The van der Waals surface area contributed by atoms with E-state index in [0.717, 1.165) is 44.9 Å². The van der Waals surface area contributed by atoms with Gasteiger partial charge in [-0.25, -0.2) is 0 Å². The molecule has 0 bridgehead atoms. The zero-order chi connectivity index (χ0) is 20.3. The first-order chi connectivity index (χ1) is 13.2. The molecule has 0 spiro atoms. The highest BCUT2D eigenvalue weighted by Crippen LogP contribution is 2.67. The average Bonchev–Trinajstić information content (AvgIpc) is 2.96. The molecule has 4 rings (SSSR count). The molecule has 5 heteroatoms. The summed E-state index contributed by atoms with van der Waals surface area (Å²) in [4.78, 5) is 23.9. The SMILES string of the molecule is CC(=O)OCC(=O)[C@H]1CC[C@H]2[C@@H]3CC[C@H]4C[C@H](O)CC[C@]4(C)[C@H]3[C@@H](O)C[C@]12C. The third kappa shape index (κ3) is 3.04. The number of carbonyl (C=O) groups is 2. The number of Topliss-reactive ketones (excluding diaryl/α,β-unsaturated/α-hetero) is 1. The van der Waals surface area contributed by atoms with E-state index in [2.05, 4.69) is 13.8 Å². The van der Waals surface area contributed by atoms with Crippen molar-refractivity contribution in [2.45, 2.75) is 84.3 Å². The Morgan fingerprint density at radius 1 is 1.04 bits per heavy atom. The highest BCUT2D eigenvalue weighted by Gasteiger charge is 2.63. The van der Waals surface area contributed by atoms with Crippen LogP contribution in [0.2, 0.25) is 0 Å². The first-order valence-electron chi connectivity index (χ1n) is 11.2. The molecule has 4 aliphatic carbocycles. The molecule has 158 valence electrons. The van der Waals surface area contributed by atoms with Gasteiger partial charge < -0.3 is 14.9 Å². The van der Waals surface area contributed by atoms with E-state index in [0.29, 0.717) is 24.2 Å². The second-order valence-corrected chi connectivity index (χ2v) is 10.7. The summed E-state index contributed by atoms with van der Waals surface area (Å²) >= 11 is 0. The van der Waals surface area contributed by atoms with Crippen LogP contribution >= 0.6 is 0 Å². The Morgan fingerprint density at radius 3 is 2.50 bits per heavy atom. The lowest BCUT2D eigenvalue weighted by Crippen LogP contribution is -2.59. The topological polar surface area (TPSA) is 83.8 Å². The summed E-state index contributed by atoms with van der Waals surface area (Å²) in [5.41, 5.74) is -0.0993. The van der Waals surface area contributed by atoms with E-state index in [4.69, 9.17) is 4.74 Å². The number of carbonyl (C=O) groups excluding carboxylic acids is 2. The highest BCUT2D eigenvalue weighted by molar-refractivity contribution is 5.85. The zero-order valence-electron chi connectivity index (χ0n) is 17.5. The van der Waals surface area contributed by atoms with E-state index in [1.165, 1.54) is 6.92 Å². The van der Waals surface area contributed by atoms with Crippen molar-refractivity contribution in [1.29, 1.82) is 0 Å². The molecule has 2 N–H and O–H groups in total. The Balaban J connectivity index is 1.57. The molecule has 0 saturated heterocycles. The number of hydrogen-bond acceptors (Lipinski definition) is 5. The van der Waals surface area contributed by atoms with E-state index in [1.54, 1.807) is 0 Å². The van der Waals surface area contributed by atoms with Crippen molar-refractivity contribution in [3.8, 4) is 0 Å². The Morgan fingerprint density at radius 2 is 1.79 bits per heavy atom. The lowest BCUT2D eigenvalue weighted by molar-refractivity contribution is -0.179. The number of ether oxygens (including phenoxy) is 1. The number of aliphatic hydroxyl groups is 2. The second kappa shape index (κ2) is 7.09. The Hall–Kier alpha value is -0.940. The fourth-order valence-electron chi connectivity index (χ4n) is 8.16. The molecule has 5 nitrogen and oxygen atoms in total.